The van der Waals surface area contributed by atoms with Gasteiger partial charge in [-0.2, -0.15) is 0 Å². The van der Waals surface area contributed by atoms with E-state index in [4.69, 9.17) is 0 Å². The minimum atomic E-state index is 0.662. The minimum Gasteiger partial charge on any atom is -0.298 e. The lowest BCUT2D eigenvalue weighted by Crippen LogP contribution is -1.80. The first-order valence-electron chi connectivity index (χ1n) is 4.86. The highest BCUT2D eigenvalue weighted by Gasteiger charge is 1.89. The van der Waals surface area contributed by atoms with Crippen LogP contribution in [-0.2, 0) is 0 Å². The summed E-state index contributed by atoms with van der Waals surface area (Å²) in [5.41, 5.74) is 2.48. The predicted molar refractivity (Wildman–Crippen MR) is 62.0 cm³/mol. The zero-order valence-corrected chi connectivity index (χ0v) is 8.55. The molecular formula is C14H9NO. The van der Waals surface area contributed by atoms with E-state index in [1.807, 2.05) is 24.3 Å². The Labute approximate surface area is 94.0 Å². The third-order valence-corrected chi connectivity index (χ3v) is 2.08. The molecule has 0 saturated carbocycles. The number of hydrogen-bond donors (Lipinski definition) is 0. The molecule has 76 valence electrons. The molecule has 0 aliphatic heterocycles. The highest BCUT2D eigenvalue weighted by atomic mass is 16.1. The van der Waals surface area contributed by atoms with Gasteiger partial charge in [-0.1, -0.05) is 24.0 Å². The van der Waals surface area contributed by atoms with Gasteiger partial charge in [0.15, 0.2) is 0 Å². The Balaban J connectivity index is 2.21. The summed E-state index contributed by atoms with van der Waals surface area (Å²) in [6.07, 6.45) is 4.24. The fourth-order valence-corrected chi connectivity index (χ4v) is 1.22. The van der Waals surface area contributed by atoms with E-state index in [1.165, 1.54) is 0 Å². The van der Waals surface area contributed by atoms with Gasteiger partial charge in [0.2, 0.25) is 0 Å². The van der Waals surface area contributed by atoms with Gasteiger partial charge in [0.25, 0.3) is 0 Å². The van der Waals surface area contributed by atoms with Gasteiger partial charge in [-0.3, -0.25) is 9.78 Å². The van der Waals surface area contributed by atoms with Crippen molar-refractivity contribution in [1.82, 2.24) is 4.98 Å². The van der Waals surface area contributed by atoms with Gasteiger partial charge in [0, 0.05) is 29.1 Å². The molecule has 1 heterocycles. The lowest BCUT2D eigenvalue weighted by molar-refractivity contribution is 0.112. The summed E-state index contributed by atoms with van der Waals surface area (Å²) in [6.45, 7) is 0. The molecule has 0 radical (unpaired) electrons. The Morgan fingerprint density at radius 1 is 0.875 bits per heavy atom. The zero-order valence-electron chi connectivity index (χ0n) is 8.55. The van der Waals surface area contributed by atoms with Crippen molar-refractivity contribution >= 4 is 6.29 Å². The van der Waals surface area contributed by atoms with E-state index in [1.54, 1.807) is 24.5 Å². The van der Waals surface area contributed by atoms with Gasteiger partial charge in [0.05, 0.1) is 0 Å². The van der Waals surface area contributed by atoms with Gasteiger partial charge < -0.3 is 0 Å². The second-order valence-electron chi connectivity index (χ2n) is 3.23. The normalized spacial score (nSPS) is 9.00. The molecule has 16 heavy (non-hydrogen) atoms. The van der Waals surface area contributed by atoms with Gasteiger partial charge in [-0.15, -0.1) is 0 Å². The van der Waals surface area contributed by atoms with Crippen molar-refractivity contribution in [3.63, 3.8) is 0 Å². The Hall–Kier alpha value is -2.40. The van der Waals surface area contributed by atoms with Gasteiger partial charge in [0.1, 0.15) is 6.29 Å². The van der Waals surface area contributed by atoms with Crippen LogP contribution in [0.25, 0.3) is 0 Å². The minimum absolute atomic E-state index is 0.662. The third-order valence-electron chi connectivity index (χ3n) is 2.08. The second kappa shape index (κ2) is 4.90. The van der Waals surface area contributed by atoms with Crippen LogP contribution < -0.4 is 0 Å². The first-order chi connectivity index (χ1) is 7.88. The lowest BCUT2D eigenvalue weighted by atomic mass is 10.1. The lowest BCUT2D eigenvalue weighted by Gasteiger charge is -1.91. The van der Waals surface area contributed by atoms with Crippen molar-refractivity contribution in [1.29, 1.82) is 0 Å². The number of rotatable bonds is 1. The summed E-state index contributed by atoms with van der Waals surface area (Å²) in [5, 5.41) is 0. The largest absolute Gasteiger partial charge is 0.298 e. The Morgan fingerprint density at radius 3 is 2.00 bits per heavy atom. The van der Waals surface area contributed by atoms with E-state index >= 15 is 0 Å². The van der Waals surface area contributed by atoms with Crippen LogP contribution in [0.15, 0.2) is 48.8 Å². The molecule has 0 aliphatic carbocycles. The zero-order chi connectivity index (χ0) is 11.2. The van der Waals surface area contributed by atoms with Gasteiger partial charge >= 0.3 is 0 Å². The fourth-order valence-electron chi connectivity index (χ4n) is 1.22. The van der Waals surface area contributed by atoms with Crippen molar-refractivity contribution in [2.75, 3.05) is 0 Å². The Kier molecular flexibility index (Phi) is 3.10. The molecule has 0 N–H and O–H groups in total. The molecule has 1 aromatic carbocycles. The fraction of sp³-hybridized carbons (Fsp3) is 0. The molecule has 0 aliphatic rings. The molecule has 0 bridgehead atoms. The summed E-state index contributed by atoms with van der Waals surface area (Å²) in [6, 6.07) is 10.9. The summed E-state index contributed by atoms with van der Waals surface area (Å²) in [5.74, 6) is 6.04. The first-order valence-corrected chi connectivity index (χ1v) is 4.86. The molecule has 2 nitrogen and oxygen atoms in total. The van der Waals surface area contributed by atoms with E-state index in [2.05, 4.69) is 16.8 Å². The highest BCUT2D eigenvalue weighted by molar-refractivity contribution is 5.74. The van der Waals surface area contributed by atoms with Crippen LogP contribution in [-0.4, -0.2) is 11.3 Å². The molecule has 0 saturated heterocycles. The van der Waals surface area contributed by atoms with Crippen LogP contribution >= 0.6 is 0 Å². The van der Waals surface area contributed by atoms with Crippen molar-refractivity contribution in [2.24, 2.45) is 0 Å². The summed E-state index contributed by atoms with van der Waals surface area (Å²) < 4.78 is 0. The quantitative estimate of drug-likeness (QED) is 0.530. The molecule has 2 heteroatoms. The number of nitrogens with zero attached hydrogens (tertiary/aromatic N) is 1. The SMILES string of the molecule is O=Cc1ccc(C#Cc2ccncc2)cc1. The second-order valence-corrected chi connectivity index (χ2v) is 3.23. The molecule has 0 amide bonds. The standard InChI is InChI=1S/C14H9NO/c16-11-14-5-3-12(4-6-14)1-2-13-7-9-15-10-8-13/h3-11H. The molecular weight excluding hydrogens is 198 g/mol. The average Bonchev–Trinajstić information content (AvgIpc) is 2.38. The maximum absolute atomic E-state index is 10.5. The van der Waals surface area contributed by atoms with E-state index in [0.717, 1.165) is 17.4 Å². The number of aldehydes is 1. The number of benzene rings is 1. The topological polar surface area (TPSA) is 30.0 Å². The molecule has 2 rings (SSSR count). The maximum Gasteiger partial charge on any atom is 0.150 e. The molecule has 0 atom stereocenters. The van der Waals surface area contributed by atoms with Crippen LogP contribution in [0.3, 0.4) is 0 Å². The van der Waals surface area contributed by atoms with Crippen molar-refractivity contribution in [3.8, 4) is 11.8 Å². The average molecular weight is 207 g/mol. The number of carbonyl (C=O) groups is 1. The molecule has 1 aromatic heterocycles. The van der Waals surface area contributed by atoms with E-state index in [9.17, 15) is 4.79 Å². The smallest absolute Gasteiger partial charge is 0.150 e. The number of pyridine rings is 1. The van der Waals surface area contributed by atoms with Crippen LogP contribution in [0, 0.1) is 11.8 Å². The maximum atomic E-state index is 10.5. The molecule has 0 spiro atoms. The monoisotopic (exact) mass is 207 g/mol. The molecule has 0 fully saturated rings. The molecule has 0 unspecified atom stereocenters. The molecule has 2 aromatic rings. The Bertz CT molecular complexity index is 532. The van der Waals surface area contributed by atoms with Crippen LogP contribution in [0.2, 0.25) is 0 Å². The van der Waals surface area contributed by atoms with E-state index in [0.29, 0.717) is 5.56 Å². The Morgan fingerprint density at radius 2 is 1.44 bits per heavy atom. The van der Waals surface area contributed by atoms with Crippen molar-refractivity contribution in [2.45, 2.75) is 0 Å². The van der Waals surface area contributed by atoms with Gasteiger partial charge in [-0.25, -0.2) is 0 Å². The summed E-state index contributed by atoms with van der Waals surface area (Å²) in [7, 11) is 0. The van der Waals surface area contributed by atoms with E-state index in [-0.39, 0.29) is 0 Å². The third kappa shape index (κ3) is 2.55. The first kappa shape index (κ1) is 10.1. The predicted octanol–water partition coefficient (Wildman–Crippen LogP) is 2.29. The number of hydrogen-bond acceptors (Lipinski definition) is 2. The number of aromatic nitrogens is 1. The van der Waals surface area contributed by atoms with Crippen LogP contribution in [0.1, 0.15) is 21.5 Å². The number of carbonyl (C=O) groups excluding carboxylic acids is 1. The van der Waals surface area contributed by atoms with E-state index < -0.39 is 0 Å². The van der Waals surface area contributed by atoms with Crippen molar-refractivity contribution in [3.05, 3.63) is 65.5 Å². The van der Waals surface area contributed by atoms with Crippen LogP contribution in [0.5, 0.6) is 0 Å². The van der Waals surface area contributed by atoms with Crippen LogP contribution in [0.4, 0.5) is 0 Å². The highest BCUT2D eigenvalue weighted by Crippen LogP contribution is 2.01. The summed E-state index contributed by atoms with van der Waals surface area (Å²) in [4.78, 5) is 14.4. The van der Waals surface area contributed by atoms with Crippen molar-refractivity contribution < 1.29 is 4.79 Å². The van der Waals surface area contributed by atoms with Gasteiger partial charge in [-0.05, 0) is 24.3 Å². The summed E-state index contributed by atoms with van der Waals surface area (Å²) >= 11 is 0.